The molecule has 0 aliphatic carbocycles. The number of nitrogens with zero attached hydrogens (tertiary/aromatic N) is 3. The first-order valence-electron chi connectivity index (χ1n) is 10.3. The molecule has 0 saturated carbocycles. The van der Waals surface area contributed by atoms with Crippen LogP contribution in [0.1, 0.15) is 18.2 Å². The third-order valence-electron chi connectivity index (χ3n) is 5.33. The molecule has 3 aromatic rings. The van der Waals surface area contributed by atoms with Gasteiger partial charge in [0, 0.05) is 37.5 Å². The number of nitrogens with one attached hydrogen (secondary N) is 2. The predicted octanol–water partition coefficient (Wildman–Crippen LogP) is 4.05. The highest BCUT2D eigenvalue weighted by molar-refractivity contribution is 8.25. The largest absolute Gasteiger partial charge is 0.311 e. The first-order valence-corrected chi connectivity index (χ1v) is 12.0. The third kappa shape index (κ3) is 5.08. The summed E-state index contributed by atoms with van der Waals surface area (Å²) in [6.07, 6.45) is 3.35. The predicted molar refractivity (Wildman–Crippen MR) is 129 cm³/mol. The standard InChI is InChI=1S/C23H27N5O3S/c1-16-22(10-20(13-25-16)19-8-9-24-23(11-19)27-17(2)29)28-14-21(15-32(28,30)31)26-12-18-6-4-3-5-7-18/h3-11,13,21,26,30-31H,12,14-15H2,1-2H3,(H,24,27,29). The molecule has 1 aliphatic heterocycles. The summed E-state index contributed by atoms with van der Waals surface area (Å²) in [5, 5.41) is 6.11. The van der Waals surface area contributed by atoms with Crippen molar-refractivity contribution in [1.29, 1.82) is 0 Å². The summed E-state index contributed by atoms with van der Waals surface area (Å²) in [5.41, 5.74) is 4.18. The van der Waals surface area contributed by atoms with E-state index in [1.165, 1.54) is 6.92 Å². The van der Waals surface area contributed by atoms with Crippen molar-refractivity contribution in [3.63, 3.8) is 0 Å². The quantitative estimate of drug-likeness (QED) is 0.445. The molecule has 1 aliphatic rings. The van der Waals surface area contributed by atoms with Crippen LogP contribution in [-0.2, 0) is 11.3 Å². The highest BCUT2D eigenvalue weighted by Gasteiger charge is 2.37. The Bertz CT molecular complexity index is 1110. The number of hydrogen-bond acceptors (Lipinski definition) is 7. The molecule has 1 atom stereocenters. The summed E-state index contributed by atoms with van der Waals surface area (Å²) in [4.78, 5) is 20.0. The first kappa shape index (κ1) is 22.2. The summed E-state index contributed by atoms with van der Waals surface area (Å²) < 4.78 is 23.4. The average Bonchev–Trinajstić information content (AvgIpc) is 3.07. The van der Waals surface area contributed by atoms with Gasteiger partial charge in [-0.2, -0.15) is 0 Å². The molecule has 8 nitrogen and oxygen atoms in total. The van der Waals surface area contributed by atoms with Gasteiger partial charge in [-0.25, -0.2) is 4.98 Å². The van der Waals surface area contributed by atoms with Gasteiger partial charge in [0.1, 0.15) is 5.82 Å². The second-order valence-corrected chi connectivity index (χ2v) is 9.90. The van der Waals surface area contributed by atoms with Crippen LogP contribution in [0.5, 0.6) is 0 Å². The zero-order valence-electron chi connectivity index (χ0n) is 18.0. The lowest BCUT2D eigenvalue weighted by Crippen LogP contribution is -2.33. The number of carbonyl (C=O) groups is 1. The van der Waals surface area contributed by atoms with E-state index in [0.717, 1.165) is 16.7 Å². The summed E-state index contributed by atoms with van der Waals surface area (Å²) in [7, 11) is -2.98. The SMILES string of the molecule is CC(=O)Nc1cc(-c2cnc(C)c(N3CC(NCc4ccccc4)CS3(O)O)c2)ccn1. The Morgan fingerprint density at radius 3 is 2.69 bits per heavy atom. The molecule has 32 heavy (non-hydrogen) atoms. The van der Waals surface area contributed by atoms with Crippen molar-refractivity contribution in [2.45, 2.75) is 26.4 Å². The number of aryl methyl sites for hydroxylation is 1. The molecule has 2 aromatic heterocycles. The van der Waals surface area contributed by atoms with Crippen LogP contribution >= 0.6 is 10.8 Å². The second kappa shape index (κ2) is 9.25. The van der Waals surface area contributed by atoms with E-state index in [-0.39, 0.29) is 17.7 Å². The normalized spacial score (nSPS) is 18.4. The number of rotatable bonds is 6. The van der Waals surface area contributed by atoms with E-state index in [2.05, 4.69) is 20.6 Å². The minimum absolute atomic E-state index is 0.0597. The molecule has 1 saturated heterocycles. The van der Waals surface area contributed by atoms with Crippen LogP contribution in [0.25, 0.3) is 11.1 Å². The van der Waals surface area contributed by atoms with Gasteiger partial charge in [0.25, 0.3) is 0 Å². The summed E-state index contributed by atoms with van der Waals surface area (Å²) in [6.45, 7) is 4.42. The van der Waals surface area contributed by atoms with Crippen molar-refractivity contribution in [3.8, 4) is 11.1 Å². The molecule has 3 heterocycles. The van der Waals surface area contributed by atoms with Crippen molar-refractivity contribution in [2.75, 3.05) is 21.9 Å². The number of aromatic nitrogens is 2. The molecular formula is C23H27N5O3S. The topological polar surface area (TPSA) is 111 Å². The van der Waals surface area contributed by atoms with Crippen molar-refractivity contribution in [1.82, 2.24) is 15.3 Å². The maximum absolute atomic E-state index is 11.4. The van der Waals surface area contributed by atoms with Gasteiger partial charge in [0.15, 0.2) is 0 Å². The van der Waals surface area contributed by atoms with Crippen molar-refractivity contribution in [2.24, 2.45) is 0 Å². The van der Waals surface area contributed by atoms with Gasteiger partial charge in [0.05, 0.1) is 23.7 Å². The van der Waals surface area contributed by atoms with Crippen molar-refractivity contribution < 1.29 is 13.9 Å². The first-order chi connectivity index (χ1) is 15.3. The number of anilines is 2. The van der Waals surface area contributed by atoms with Crippen LogP contribution in [-0.4, -0.2) is 43.3 Å². The fourth-order valence-corrected chi connectivity index (χ4v) is 5.62. The maximum atomic E-state index is 11.4. The van der Waals surface area contributed by atoms with Crippen LogP contribution in [0.2, 0.25) is 0 Å². The van der Waals surface area contributed by atoms with Crippen LogP contribution in [0, 0.1) is 6.92 Å². The number of pyridine rings is 2. The van der Waals surface area contributed by atoms with Gasteiger partial charge >= 0.3 is 0 Å². The lowest BCUT2D eigenvalue weighted by molar-refractivity contribution is -0.114. The monoisotopic (exact) mass is 453 g/mol. The number of benzene rings is 1. The molecule has 9 heteroatoms. The molecule has 4 N–H and O–H groups in total. The third-order valence-corrected chi connectivity index (χ3v) is 7.23. The molecule has 168 valence electrons. The van der Waals surface area contributed by atoms with E-state index >= 15 is 0 Å². The van der Waals surface area contributed by atoms with E-state index in [9.17, 15) is 13.9 Å². The average molecular weight is 454 g/mol. The lowest BCUT2D eigenvalue weighted by Gasteiger charge is -2.38. The number of amides is 1. The summed E-state index contributed by atoms with van der Waals surface area (Å²) in [5.74, 6) is 0.510. The smallest absolute Gasteiger partial charge is 0.222 e. The van der Waals surface area contributed by atoms with E-state index in [4.69, 9.17) is 0 Å². The molecule has 1 aromatic carbocycles. The van der Waals surface area contributed by atoms with Gasteiger partial charge in [-0.3, -0.25) is 23.2 Å². The Kier molecular flexibility index (Phi) is 6.43. The van der Waals surface area contributed by atoms with Gasteiger partial charge in [-0.15, -0.1) is 10.8 Å². The molecule has 0 bridgehead atoms. The summed E-state index contributed by atoms with van der Waals surface area (Å²) >= 11 is 0. The van der Waals surface area contributed by atoms with Gasteiger partial charge in [-0.05, 0) is 36.2 Å². The molecule has 0 spiro atoms. The maximum Gasteiger partial charge on any atom is 0.222 e. The van der Waals surface area contributed by atoms with E-state index in [1.807, 2.05) is 49.4 Å². The number of hydrogen-bond donors (Lipinski definition) is 4. The molecule has 4 rings (SSSR count). The zero-order chi connectivity index (χ0) is 22.7. The van der Waals surface area contributed by atoms with Crippen molar-refractivity contribution >= 4 is 28.2 Å². The summed E-state index contributed by atoms with van der Waals surface area (Å²) in [6, 6.07) is 15.5. The molecule has 1 fully saturated rings. The van der Waals surface area contributed by atoms with Crippen LogP contribution < -0.4 is 14.9 Å². The minimum atomic E-state index is -2.98. The van der Waals surface area contributed by atoms with E-state index in [1.54, 1.807) is 22.8 Å². The highest BCUT2D eigenvalue weighted by atomic mass is 32.3. The Morgan fingerprint density at radius 1 is 1.16 bits per heavy atom. The van der Waals surface area contributed by atoms with Gasteiger partial charge in [-0.1, -0.05) is 30.3 Å². The van der Waals surface area contributed by atoms with Gasteiger partial charge < -0.3 is 10.6 Å². The molecular weight excluding hydrogens is 426 g/mol. The van der Waals surface area contributed by atoms with Crippen molar-refractivity contribution in [3.05, 3.63) is 72.2 Å². The van der Waals surface area contributed by atoms with Crippen LogP contribution in [0.3, 0.4) is 0 Å². The Morgan fingerprint density at radius 2 is 1.94 bits per heavy atom. The zero-order valence-corrected chi connectivity index (χ0v) is 18.8. The minimum Gasteiger partial charge on any atom is -0.311 e. The molecule has 1 unspecified atom stereocenters. The molecule has 0 radical (unpaired) electrons. The van der Waals surface area contributed by atoms with Gasteiger partial charge in [0.2, 0.25) is 5.91 Å². The number of carbonyl (C=O) groups excluding carboxylic acids is 1. The second-order valence-electron chi connectivity index (χ2n) is 7.86. The van der Waals surface area contributed by atoms with Crippen LogP contribution in [0.4, 0.5) is 11.5 Å². The highest BCUT2D eigenvalue weighted by Crippen LogP contribution is 2.52. The fraction of sp³-hybridized carbons (Fsp3) is 0.261. The fourth-order valence-electron chi connectivity index (χ4n) is 3.76. The Balaban J connectivity index is 1.55. The lowest BCUT2D eigenvalue weighted by atomic mass is 10.1. The Labute approximate surface area is 189 Å². The molecule has 1 amide bonds. The Hall–Kier alpha value is -2.98. The van der Waals surface area contributed by atoms with E-state index < -0.39 is 10.8 Å². The van der Waals surface area contributed by atoms with E-state index in [0.29, 0.717) is 30.3 Å². The van der Waals surface area contributed by atoms with Crippen LogP contribution in [0.15, 0.2) is 60.9 Å².